The molecule has 96 valence electrons. The van der Waals surface area contributed by atoms with Crippen molar-refractivity contribution in [3.8, 4) is 11.5 Å². The molecule has 4 aromatic rings. The van der Waals surface area contributed by atoms with E-state index in [2.05, 4.69) is 42.8 Å². The second-order valence-corrected chi connectivity index (χ2v) is 5.21. The predicted molar refractivity (Wildman–Crippen MR) is 74.2 cm³/mol. The molecular weight excluding hydrogens is 250 g/mol. The molecule has 1 aliphatic heterocycles. The van der Waals surface area contributed by atoms with Crippen molar-refractivity contribution in [2.45, 2.75) is 6.54 Å². The van der Waals surface area contributed by atoms with Crippen LogP contribution in [0.1, 0.15) is 5.56 Å². The fraction of sp³-hybridized carbons (Fsp3) is 0.133. The van der Waals surface area contributed by atoms with Crippen LogP contribution in [-0.2, 0) is 13.6 Å². The van der Waals surface area contributed by atoms with Crippen molar-refractivity contribution in [2.24, 2.45) is 7.05 Å². The van der Waals surface area contributed by atoms with Crippen molar-refractivity contribution >= 4 is 16.7 Å². The summed E-state index contributed by atoms with van der Waals surface area (Å²) in [5.74, 6) is 1.15. The number of imidazole rings is 2. The Morgan fingerprint density at radius 2 is 2.15 bits per heavy atom. The van der Waals surface area contributed by atoms with E-state index in [1.165, 1.54) is 16.7 Å². The maximum absolute atomic E-state index is 4.57. The molecule has 0 fully saturated rings. The molecule has 0 radical (unpaired) electrons. The molecule has 5 nitrogen and oxygen atoms in total. The minimum atomic E-state index is 0.891. The largest absolute Gasteiger partial charge is 0.315 e. The van der Waals surface area contributed by atoms with Gasteiger partial charge in [-0.1, -0.05) is 6.07 Å². The van der Waals surface area contributed by atoms with Gasteiger partial charge in [0.05, 0.1) is 11.7 Å². The summed E-state index contributed by atoms with van der Waals surface area (Å²) in [5, 5.41) is 0. The summed E-state index contributed by atoms with van der Waals surface area (Å²) in [6, 6.07) is 6.19. The first-order chi connectivity index (χ1) is 9.84. The third-order valence-corrected chi connectivity index (χ3v) is 4.15. The number of fused-ring (bicyclic) bond motifs is 7. The van der Waals surface area contributed by atoms with Gasteiger partial charge in [0.15, 0.2) is 17.4 Å². The molecule has 0 amide bonds. The van der Waals surface area contributed by atoms with Crippen molar-refractivity contribution in [1.29, 1.82) is 0 Å². The highest BCUT2D eigenvalue weighted by atomic mass is 15.2. The predicted octanol–water partition coefficient (Wildman–Crippen LogP) is 1.54. The van der Waals surface area contributed by atoms with Crippen LogP contribution in [0.2, 0.25) is 0 Å². The van der Waals surface area contributed by atoms with Crippen LogP contribution in [0.25, 0.3) is 28.2 Å². The Labute approximate surface area is 114 Å². The maximum atomic E-state index is 4.57. The van der Waals surface area contributed by atoms with Crippen molar-refractivity contribution < 1.29 is 4.57 Å². The first kappa shape index (κ1) is 10.1. The van der Waals surface area contributed by atoms with Gasteiger partial charge < -0.3 is 4.57 Å². The smallest absolute Gasteiger partial charge is 0.305 e. The molecule has 5 heterocycles. The van der Waals surface area contributed by atoms with Crippen LogP contribution in [0.4, 0.5) is 0 Å². The number of hydrogen-bond donors (Lipinski definition) is 0. The Kier molecular flexibility index (Phi) is 1.65. The van der Waals surface area contributed by atoms with Crippen LogP contribution in [0, 0.1) is 0 Å². The van der Waals surface area contributed by atoms with Gasteiger partial charge >= 0.3 is 5.82 Å². The summed E-state index contributed by atoms with van der Waals surface area (Å²) in [6.45, 7) is 0.891. The van der Waals surface area contributed by atoms with E-state index in [-0.39, 0.29) is 0 Å². The van der Waals surface area contributed by atoms with Gasteiger partial charge in [-0.05, 0) is 12.1 Å². The zero-order valence-corrected chi connectivity index (χ0v) is 11.0. The fourth-order valence-electron chi connectivity index (χ4n) is 3.24. The summed E-state index contributed by atoms with van der Waals surface area (Å²) in [7, 11) is 2.09. The van der Waals surface area contributed by atoms with Crippen LogP contribution in [0.5, 0.6) is 0 Å². The minimum absolute atomic E-state index is 0.891. The highest BCUT2D eigenvalue weighted by molar-refractivity contribution is 5.82. The topological polar surface area (TPSA) is 39.0 Å². The molecule has 0 spiro atoms. The molecule has 4 aromatic heterocycles. The first-order valence-electron chi connectivity index (χ1n) is 6.62. The van der Waals surface area contributed by atoms with Crippen LogP contribution < -0.4 is 4.57 Å². The van der Waals surface area contributed by atoms with E-state index in [9.17, 15) is 0 Å². The minimum Gasteiger partial charge on any atom is -0.305 e. The Bertz CT molecular complexity index is 992. The Morgan fingerprint density at radius 1 is 1.20 bits per heavy atom. The fourth-order valence-corrected chi connectivity index (χ4v) is 3.24. The van der Waals surface area contributed by atoms with E-state index >= 15 is 0 Å². The Hall–Kier alpha value is -2.69. The van der Waals surface area contributed by atoms with Crippen molar-refractivity contribution in [3.05, 3.63) is 48.5 Å². The molecule has 5 rings (SSSR count). The Morgan fingerprint density at radius 3 is 3.10 bits per heavy atom. The average molecular weight is 262 g/mol. The third kappa shape index (κ3) is 1.02. The number of hydrogen-bond acceptors (Lipinski definition) is 2. The van der Waals surface area contributed by atoms with Gasteiger partial charge in [0.1, 0.15) is 6.54 Å². The molecular formula is C15H12N5+. The maximum Gasteiger partial charge on any atom is 0.315 e. The SMILES string of the molecule is Cn1c2ccncc2n2c3[n+](cc12)Cc1cccnc1-3. The molecule has 0 bridgehead atoms. The second kappa shape index (κ2) is 3.25. The quantitative estimate of drug-likeness (QED) is 0.397. The summed E-state index contributed by atoms with van der Waals surface area (Å²) in [6.07, 6.45) is 7.81. The van der Waals surface area contributed by atoms with Crippen molar-refractivity contribution in [1.82, 2.24) is 18.9 Å². The van der Waals surface area contributed by atoms with Gasteiger partial charge in [0.2, 0.25) is 5.65 Å². The molecule has 0 aliphatic carbocycles. The van der Waals surface area contributed by atoms with Gasteiger partial charge in [-0.2, -0.15) is 4.40 Å². The molecule has 1 aliphatic rings. The van der Waals surface area contributed by atoms with Crippen LogP contribution in [0.3, 0.4) is 0 Å². The van der Waals surface area contributed by atoms with Crippen LogP contribution in [0.15, 0.2) is 43.0 Å². The summed E-state index contributed by atoms with van der Waals surface area (Å²) >= 11 is 0. The summed E-state index contributed by atoms with van der Waals surface area (Å²) in [5.41, 5.74) is 5.82. The van der Waals surface area contributed by atoms with Gasteiger partial charge in [-0.3, -0.25) is 4.98 Å². The average Bonchev–Trinajstić information content (AvgIpc) is 3.08. The molecule has 0 N–H and O–H groups in total. The number of nitrogens with zero attached hydrogens (tertiary/aromatic N) is 5. The van der Waals surface area contributed by atoms with Crippen LogP contribution >= 0.6 is 0 Å². The van der Waals surface area contributed by atoms with E-state index in [0.717, 1.165) is 23.6 Å². The van der Waals surface area contributed by atoms with Gasteiger partial charge in [-0.15, -0.1) is 0 Å². The van der Waals surface area contributed by atoms with Crippen molar-refractivity contribution in [2.75, 3.05) is 0 Å². The number of pyridine rings is 2. The van der Waals surface area contributed by atoms with Crippen LogP contribution in [-0.4, -0.2) is 18.9 Å². The molecule has 0 saturated heterocycles. The lowest BCUT2D eigenvalue weighted by Crippen LogP contribution is -2.29. The van der Waals surface area contributed by atoms with Gasteiger partial charge in [0, 0.05) is 25.0 Å². The van der Waals surface area contributed by atoms with E-state index in [1.807, 2.05) is 30.7 Å². The Balaban J connectivity index is 2.03. The number of rotatable bonds is 0. The highest BCUT2D eigenvalue weighted by Gasteiger charge is 2.33. The lowest BCUT2D eigenvalue weighted by Gasteiger charge is -1.91. The zero-order chi connectivity index (χ0) is 13.3. The standard InChI is InChI=1S/C15H12N5/c1-18-11-4-6-16-7-12(11)20-13(18)9-19-8-10-3-2-5-17-14(10)15(19)20/h2-7,9H,8H2,1H3/q+1. The normalized spacial score (nSPS) is 13.1. The molecule has 20 heavy (non-hydrogen) atoms. The number of aryl methyl sites for hydroxylation is 1. The molecule has 5 heteroatoms. The van der Waals surface area contributed by atoms with E-state index in [0.29, 0.717) is 0 Å². The lowest BCUT2D eigenvalue weighted by atomic mass is 10.2. The molecule has 0 aromatic carbocycles. The first-order valence-corrected chi connectivity index (χ1v) is 6.62. The summed E-state index contributed by atoms with van der Waals surface area (Å²) in [4.78, 5) is 8.84. The van der Waals surface area contributed by atoms with Gasteiger partial charge in [0.25, 0.3) is 0 Å². The third-order valence-electron chi connectivity index (χ3n) is 4.15. The summed E-state index contributed by atoms with van der Waals surface area (Å²) < 4.78 is 6.71. The molecule has 0 atom stereocenters. The molecule has 0 saturated carbocycles. The zero-order valence-electron chi connectivity index (χ0n) is 11.0. The second-order valence-electron chi connectivity index (χ2n) is 5.21. The highest BCUT2D eigenvalue weighted by Crippen LogP contribution is 2.29. The van der Waals surface area contributed by atoms with E-state index in [1.54, 1.807) is 0 Å². The molecule has 0 unspecified atom stereocenters. The van der Waals surface area contributed by atoms with Crippen molar-refractivity contribution in [3.63, 3.8) is 0 Å². The number of aromatic nitrogens is 5. The van der Waals surface area contributed by atoms with E-state index < -0.39 is 0 Å². The monoisotopic (exact) mass is 262 g/mol. The lowest BCUT2D eigenvalue weighted by molar-refractivity contribution is -0.670. The van der Waals surface area contributed by atoms with E-state index in [4.69, 9.17) is 0 Å². The van der Waals surface area contributed by atoms with Gasteiger partial charge in [-0.25, -0.2) is 9.55 Å².